The first kappa shape index (κ1) is 29.6. The molecule has 14 nitrogen and oxygen atoms in total. The average Bonchev–Trinajstić information content (AvgIpc) is 2.98. The van der Waals surface area contributed by atoms with Gasteiger partial charge in [-0.1, -0.05) is 30.3 Å². The van der Waals surface area contributed by atoms with Gasteiger partial charge in [0.15, 0.2) is 24.1 Å². The number of phenolic OH excluding ortho intramolecular Hbond substituents is 1. The number of benzene rings is 2. The first-order valence-electron chi connectivity index (χ1n) is 12.8. The van der Waals surface area contributed by atoms with Crippen molar-refractivity contribution in [3.63, 3.8) is 0 Å². The Kier molecular flexibility index (Phi) is 8.52. The smallest absolute Gasteiger partial charge is 0.198 e. The van der Waals surface area contributed by atoms with Gasteiger partial charge in [0.2, 0.25) is 0 Å². The lowest BCUT2D eigenvalue weighted by molar-refractivity contribution is -0.332. The maximum Gasteiger partial charge on any atom is 0.198 e. The van der Waals surface area contributed by atoms with Crippen LogP contribution in [0.1, 0.15) is 37.4 Å². The number of phenols is 1. The number of aliphatic hydroxyl groups is 7. The maximum absolute atomic E-state index is 13.0. The van der Waals surface area contributed by atoms with Gasteiger partial charge < -0.3 is 59.8 Å². The van der Waals surface area contributed by atoms with Crippen LogP contribution >= 0.6 is 0 Å². The lowest BCUT2D eigenvalue weighted by Gasteiger charge is -2.42. The minimum absolute atomic E-state index is 0.0212. The zero-order valence-electron chi connectivity index (χ0n) is 21.4. The minimum atomic E-state index is -1.77. The molecule has 3 aliphatic rings. The molecule has 8 N–H and O–H groups in total. The summed E-state index contributed by atoms with van der Waals surface area (Å²) in [6, 6.07) is 8.96. The van der Waals surface area contributed by atoms with Crippen LogP contribution in [0.3, 0.4) is 0 Å². The van der Waals surface area contributed by atoms with Crippen molar-refractivity contribution in [3.05, 3.63) is 64.2 Å². The Morgan fingerprint density at radius 3 is 1.85 bits per heavy atom. The monoisotopic (exact) mass is 578 g/mol. The van der Waals surface area contributed by atoms with Gasteiger partial charge in [-0.25, -0.2) is 0 Å². The van der Waals surface area contributed by atoms with E-state index in [4.69, 9.17) is 18.9 Å². The Balaban J connectivity index is 1.27. The predicted octanol–water partition coefficient (Wildman–Crippen LogP) is -2.69. The van der Waals surface area contributed by atoms with Crippen molar-refractivity contribution < 1.29 is 69.4 Å². The fourth-order valence-corrected chi connectivity index (χ4v) is 5.09. The quantitative estimate of drug-likeness (QED) is 0.143. The Morgan fingerprint density at radius 1 is 0.659 bits per heavy atom. The number of ether oxygens (including phenoxy) is 4. The molecule has 10 unspecified atom stereocenters. The average molecular weight is 579 g/mol. The van der Waals surface area contributed by atoms with Crippen molar-refractivity contribution >= 4 is 11.6 Å². The molecule has 2 aromatic carbocycles. The lowest BCUT2D eigenvalue weighted by Crippen LogP contribution is -2.61. The van der Waals surface area contributed by atoms with Crippen molar-refractivity contribution in [2.75, 3.05) is 13.2 Å². The second kappa shape index (κ2) is 11.8. The number of carbonyl (C=O) groups excluding carboxylic acids is 2. The normalized spacial score (nSPS) is 35.2. The maximum atomic E-state index is 13.0. The van der Waals surface area contributed by atoms with E-state index in [1.807, 2.05) is 0 Å². The highest BCUT2D eigenvalue weighted by atomic mass is 16.7. The van der Waals surface area contributed by atoms with Gasteiger partial charge in [-0.2, -0.15) is 0 Å². The number of fused-ring (bicyclic) bond motifs is 2. The first-order valence-corrected chi connectivity index (χ1v) is 12.8. The molecule has 2 aromatic rings. The molecule has 222 valence electrons. The lowest BCUT2D eigenvalue weighted by atomic mass is 9.83. The van der Waals surface area contributed by atoms with Crippen LogP contribution in [0.2, 0.25) is 0 Å². The SMILES string of the molecule is O=C1c2ccccc2C(=O)c2c1ccc(COC1OC(COC3OC(CO)C(O)C(O)C3O)C(O)C(O)C1O)c2O. The minimum Gasteiger partial charge on any atom is -0.507 e. The number of ketones is 2. The summed E-state index contributed by atoms with van der Waals surface area (Å²) in [7, 11) is 0. The third kappa shape index (κ3) is 5.29. The van der Waals surface area contributed by atoms with Crippen LogP contribution in [0.25, 0.3) is 0 Å². The van der Waals surface area contributed by atoms with Crippen LogP contribution in [0.15, 0.2) is 36.4 Å². The molecule has 41 heavy (non-hydrogen) atoms. The largest absolute Gasteiger partial charge is 0.507 e. The van der Waals surface area contributed by atoms with Crippen LogP contribution in [0.5, 0.6) is 5.75 Å². The highest BCUT2D eigenvalue weighted by Gasteiger charge is 2.47. The molecule has 2 fully saturated rings. The van der Waals surface area contributed by atoms with Crippen molar-refractivity contribution in [2.24, 2.45) is 0 Å². The van der Waals surface area contributed by atoms with Gasteiger partial charge in [-0.3, -0.25) is 9.59 Å². The van der Waals surface area contributed by atoms with Crippen LogP contribution in [-0.4, -0.2) is 127 Å². The fourth-order valence-electron chi connectivity index (χ4n) is 5.09. The van der Waals surface area contributed by atoms with Gasteiger partial charge in [0.05, 0.1) is 25.4 Å². The first-order chi connectivity index (χ1) is 19.5. The second-order valence-corrected chi connectivity index (χ2v) is 10.1. The highest BCUT2D eigenvalue weighted by Crippen LogP contribution is 2.36. The number of aromatic hydroxyl groups is 1. The summed E-state index contributed by atoms with van der Waals surface area (Å²) in [6.07, 6.45) is -15.9. The van der Waals surface area contributed by atoms with E-state index in [9.17, 15) is 50.4 Å². The summed E-state index contributed by atoms with van der Waals surface area (Å²) in [6.45, 7) is -1.67. The van der Waals surface area contributed by atoms with Crippen molar-refractivity contribution in [2.45, 2.75) is 68.0 Å². The molecule has 0 radical (unpaired) electrons. The third-order valence-electron chi connectivity index (χ3n) is 7.49. The number of aliphatic hydroxyl groups excluding tert-OH is 7. The van der Waals surface area contributed by atoms with E-state index >= 15 is 0 Å². The summed E-state index contributed by atoms with van der Waals surface area (Å²) in [5.74, 6) is -1.47. The second-order valence-electron chi connectivity index (χ2n) is 10.1. The molecular weight excluding hydrogens is 548 g/mol. The van der Waals surface area contributed by atoms with E-state index in [1.165, 1.54) is 24.3 Å². The molecular formula is C27H30O14. The molecule has 0 amide bonds. The highest BCUT2D eigenvalue weighted by molar-refractivity contribution is 6.29. The van der Waals surface area contributed by atoms with Crippen LogP contribution in [0, 0.1) is 0 Å². The van der Waals surface area contributed by atoms with Crippen LogP contribution in [0.4, 0.5) is 0 Å². The molecule has 0 spiro atoms. The van der Waals surface area contributed by atoms with E-state index < -0.39 is 98.5 Å². The van der Waals surface area contributed by atoms with Crippen molar-refractivity contribution in [1.29, 1.82) is 0 Å². The van der Waals surface area contributed by atoms with Gasteiger partial charge in [0.25, 0.3) is 0 Å². The molecule has 10 atom stereocenters. The van der Waals surface area contributed by atoms with Crippen molar-refractivity contribution in [1.82, 2.24) is 0 Å². The van der Waals surface area contributed by atoms with Crippen molar-refractivity contribution in [3.8, 4) is 5.75 Å². The molecule has 0 saturated carbocycles. The molecule has 2 aliphatic heterocycles. The fraction of sp³-hybridized carbons (Fsp3) is 0.481. The number of hydrogen-bond acceptors (Lipinski definition) is 14. The zero-order valence-corrected chi connectivity index (χ0v) is 21.4. The van der Waals surface area contributed by atoms with Crippen LogP contribution in [-0.2, 0) is 25.6 Å². The van der Waals surface area contributed by atoms with Gasteiger partial charge in [0.1, 0.15) is 54.6 Å². The molecule has 14 heteroatoms. The topological polar surface area (TPSA) is 233 Å². The standard InChI is InChI=1S/C27H30O14/c28-7-14-20(32)22(34)24(36)27(40-14)39-9-15-21(33)23(35)25(37)26(41-15)38-8-10-5-6-13-16(17(10)29)19(31)12-4-2-1-3-11(12)18(13)30/h1-6,14-15,20-29,32-37H,7-9H2. The third-order valence-corrected chi connectivity index (χ3v) is 7.49. The Labute approximate surface area is 232 Å². The summed E-state index contributed by atoms with van der Waals surface area (Å²) in [5.41, 5.74) is 0.268. The summed E-state index contributed by atoms with van der Waals surface area (Å²) in [4.78, 5) is 25.9. The van der Waals surface area contributed by atoms with E-state index in [0.717, 1.165) is 0 Å². The van der Waals surface area contributed by atoms with Gasteiger partial charge in [-0.05, 0) is 6.07 Å². The number of hydrogen-bond donors (Lipinski definition) is 8. The Morgan fingerprint density at radius 2 is 1.22 bits per heavy atom. The molecule has 0 aromatic heterocycles. The summed E-state index contributed by atoms with van der Waals surface area (Å²) < 4.78 is 21.8. The summed E-state index contributed by atoms with van der Waals surface area (Å²) in [5, 5.41) is 81.3. The molecule has 5 rings (SSSR count). The van der Waals surface area contributed by atoms with E-state index in [0.29, 0.717) is 0 Å². The summed E-state index contributed by atoms with van der Waals surface area (Å²) >= 11 is 0. The number of rotatable bonds is 7. The van der Waals surface area contributed by atoms with E-state index in [2.05, 4.69) is 0 Å². The molecule has 1 aliphatic carbocycles. The Hall–Kier alpha value is -2.86. The predicted molar refractivity (Wildman–Crippen MR) is 133 cm³/mol. The Bertz CT molecular complexity index is 1300. The van der Waals surface area contributed by atoms with E-state index in [1.54, 1.807) is 12.1 Å². The van der Waals surface area contributed by atoms with Gasteiger partial charge >= 0.3 is 0 Å². The van der Waals surface area contributed by atoms with Gasteiger partial charge in [-0.15, -0.1) is 0 Å². The van der Waals surface area contributed by atoms with Gasteiger partial charge in [0, 0.05) is 22.3 Å². The van der Waals surface area contributed by atoms with E-state index in [-0.39, 0.29) is 27.8 Å². The molecule has 0 bridgehead atoms. The van der Waals surface area contributed by atoms with Crippen LogP contribution < -0.4 is 0 Å². The zero-order chi connectivity index (χ0) is 29.6. The molecule has 2 saturated heterocycles. The molecule has 2 heterocycles. The number of carbonyl (C=O) groups is 2.